The van der Waals surface area contributed by atoms with Gasteiger partial charge in [-0.2, -0.15) is 0 Å². The van der Waals surface area contributed by atoms with E-state index in [0.717, 1.165) is 0 Å². The number of aliphatic hydroxyl groups excluding tert-OH is 8. The Labute approximate surface area is 130 Å². The fourth-order valence-corrected chi connectivity index (χ4v) is 2.62. The number of hydrogen-bond donors (Lipinski definition) is 8. The summed E-state index contributed by atoms with van der Waals surface area (Å²) >= 11 is 0. The van der Waals surface area contributed by atoms with Crippen molar-refractivity contribution in [2.45, 2.75) is 55.5 Å². The summed E-state index contributed by atoms with van der Waals surface area (Å²) in [7, 11) is 0. The van der Waals surface area contributed by atoms with E-state index in [1.165, 1.54) is 0 Å². The molecule has 11 heteroatoms. The van der Waals surface area contributed by atoms with E-state index in [1.54, 1.807) is 0 Å². The lowest BCUT2D eigenvalue weighted by molar-refractivity contribution is -0.370. The smallest absolute Gasteiger partial charge is 0.186 e. The minimum atomic E-state index is -1.80. The zero-order chi connectivity index (χ0) is 17.3. The topological polar surface area (TPSA) is 190 Å². The quantitative estimate of drug-likeness (QED) is 0.244. The van der Waals surface area contributed by atoms with Crippen molar-refractivity contribution in [2.75, 3.05) is 13.2 Å². The van der Waals surface area contributed by atoms with E-state index in [0.29, 0.717) is 0 Å². The number of ether oxygens (including phenoxy) is 3. The van der Waals surface area contributed by atoms with Crippen LogP contribution in [0.25, 0.3) is 0 Å². The van der Waals surface area contributed by atoms with Crippen LogP contribution in [0.1, 0.15) is 0 Å². The van der Waals surface area contributed by atoms with Crippen LogP contribution < -0.4 is 0 Å². The van der Waals surface area contributed by atoms with Crippen LogP contribution in [0.15, 0.2) is 0 Å². The highest BCUT2D eigenvalue weighted by molar-refractivity contribution is 4.92. The van der Waals surface area contributed by atoms with E-state index in [4.69, 9.17) is 14.2 Å². The number of aliphatic hydroxyl groups is 8. The maximum atomic E-state index is 9.96. The van der Waals surface area contributed by atoms with Crippen LogP contribution >= 0.6 is 0 Å². The summed E-state index contributed by atoms with van der Waals surface area (Å²) < 4.78 is 15.2. The Morgan fingerprint density at radius 2 is 1.26 bits per heavy atom. The van der Waals surface area contributed by atoms with Crippen molar-refractivity contribution in [3.05, 3.63) is 0 Å². The molecule has 0 radical (unpaired) electrons. The summed E-state index contributed by atoms with van der Waals surface area (Å²) in [6.45, 7) is -1.34. The molecule has 23 heavy (non-hydrogen) atoms. The minimum Gasteiger partial charge on any atom is -0.396 e. The van der Waals surface area contributed by atoms with Crippen molar-refractivity contribution in [3.63, 3.8) is 0 Å². The van der Waals surface area contributed by atoms with Crippen LogP contribution in [0, 0.1) is 5.92 Å². The van der Waals surface area contributed by atoms with Crippen LogP contribution in [0.4, 0.5) is 0 Å². The first-order valence-electron chi connectivity index (χ1n) is 7.08. The maximum absolute atomic E-state index is 9.96. The Kier molecular flexibility index (Phi) is 6.27. The molecule has 0 aromatic heterocycles. The highest BCUT2D eigenvalue weighted by Gasteiger charge is 2.50. The first-order valence-corrected chi connectivity index (χ1v) is 7.08. The fourth-order valence-electron chi connectivity index (χ4n) is 2.62. The van der Waals surface area contributed by atoms with Crippen LogP contribution in [-0.2, 0) is 14.2 Å². The average Bonchev–Trinajstić information content (AvgIpc) is 2.53. The molecule has 2 fully saturated rings. The molecule has 8 N–H and O–H groups in total. The van der Waals surface area contributed by atoms with Gasteiger partial charge in [0.25, 0.3) is 0 Å². The molecule has 2 aliphatic heterocycles. The van der Waals surface area contributed by atoms with E-state index in [1.807, 2.05) is 0 Å². The van der Waals surface area contributed by atoms with Gasteiger partial charge in [-0.1, -0.05) is 0 Å². The summed E-state index contributed by atoms with van der Waals surface area (Å²) in [5.41, 5.74) is 0. The van der Waals surface area contributed by atoms with Crippen molar-refractivity contribution in [1.82, 2.24) is 0 Å². The van der Waals surface area contributed by atoms with Crippen LogP contribution in [0.2, 0.25) is 0 Å². The molecule has 2 rings (SSSR count). The Bertz CT molecular complexity index is 380. The van der Waals surface area contributed by atoms with Gasteiger partial charge in [0.1, 0.15) is 30.5 Å². The molecular weight excluding hydrogens is 320 g/mol. The molecule has 0 aromatic carbocycles. The first kappa shape index (κ1) is 18.9. The van der Waals surface area contributed by atoms with E-state index in [9.17, 15) is 40.9 Å². The second kappa shape index (κ2) is 7.63. The van der Waals surface area contributed by atoms with Gasteiger partial charge >= 0.3 is 0 Å². The van der Waals surface area contributed by atoms with Crippen molar-refractivity contribution in [2.24, 2.45) is 5.92 Å². The van der Waals surface area contributed by atoms with Gasteiger partial charge in [0.05, 0.1) is 25.2 Å². The average molecular weight is 342 g/mol. The summed E-state index contributed by atoms with van der Waals surface area (Å²) in [4.78, 5) is 0. The lowest BCUT2D eigenvalue weighted by atomic mass is 9.93. The number of hydrogen-bond acceptors (Lipinski definition) is 11. The normalized spacial score (nSPS) is 51.7. The summed E-state index contributed by atoms with van der Waals surface area (Å²) in [5.74, 6) is -1.16. The molecule has 0 aliphatic carbocycles. The molecule has 11 nitrogen and oxygen atoms in total. The van der Waals surface area contributed by atoms with Crippen molar-refractivity contribution >= 4 is 0 Å². The predicted molar refractivity (Wildman–Crippen MR) is 68.3 cm³/mol. The molecule has 2 saturated heterocycles. The third-order valence-corrected chi connectivity index (χ3v) is 4.05. The second-order valence-corrected chi connectivity index (χ2v) is 5.55. The molecule has 2 heterocycles. The summed E-state index contributed by atoms with van der Waals surface area (Å²) in [6.07, 6.45) is -14.2. The molecule has 0 aromatic rings. The van der Waals surface area contributed by atoms with Crippen molar-refractivity contribution < 1.29 is 55.1 Å². The van der Waals surface area contributed by atoms with Crippen molar-refractivity contribution in [3.8, 4) is 0 Å². The molecule has 2 aliphatic rings. The Morgan fingerprint density at radius 1 is 0.696 bits per heavy atom. The van der Waals surface area contributed by atoms with E-state index in [2.05, 4.69) is 0 Å². The highest BCUT2D eigenvalue weighted by Crippen LogP contribution is 2.30. The predicted octanol–water partition coefficient (Wildman–Crippen LogP) is -5.19. The molecule has 0 amide bonds. The van der Waals surface area contributed by atoms with Gasteiger partial charge in [0, 0.05) is 0 Å². The largest absolute Gasteiger partial charge is 0.396 e. The molecular formula is C12H22O11. The van der Waals surface area contributed by atoms with Gasteiger partial charge in [0.2, 0.25) is 0 Å². The van der Waals surface area contributed by atoms with E-state index >= 15 is 0 Å². The molecule has 1 unspecified atom stereocenters. The zero-order valence-corrected chi connectivity index (χ0v) is 12.0. The van der Waals surface area contributed by atoms with Gasteiger partial charge in [-0.15, -0.1) is 0 Å². The van der Waals surface area contributed by atoms with Gasteiger partial charge in [-0.05, 0) is 0 Å². The maximum Gasteiger partial charge on any atom is 0.186 e. The highest BCUT2D eigenvalue weighted by atomic mass is 16.8. The lowest BCUT2D eigenvalue weighted by Crippen LogP contribution is -2.63. The SMILES string of the molecule is OC[C@@H]1C(O[C@H]2[C@H](O)[C@@H](O)[C@H](O)O[C@@H]2CO)O[C@@H](O)[C@H](O)[C@H]1O. The fraction of sp³-hybridized carbons (Fsp3) is 1.00. The third kappa shape index (κ3) is 3.65. The Hall–Kier alpha value is -0.440. The lowest BCUT2D eigenvalue weighted by Gasteiger charge is -2.45. The van der Waals surface area contributed by atoms with E-state index < -0.39 is 74.6 Å². The second-order valence-electron chi connectivity index (χ2n) is 5.55. The monoisotopic (exact) mass is 342 g/mol. The van der Waals surface area contributed by atoms with Gasteiger partial charge in [-0.3, -0.25) is 0 Å². The third-order valence-electron chi connectivity index (χ3n) is 4.05. The Morgan fingerprint density at radius 3 is 1.83 bits per heavy atom. The van der Waals surface area contributed by atoms with Gasteiger partial charge < -0.3 is 55.1 Å². The summed E-state index contributed by atoms with van der Waals surface area (Å²) in [5, 5.41) is 76.4. The first-order chi connectivity index (χ1) is 10.8. The van der Waals surface area contributed by atoms with E-state index in [-0.39, 0.29) is 0 Å². The molecule has 136 valence electrons. The van der Waals surface area contributed by atoms with Crippen LogP contribution in [-0.4, -0.2) is 110 Å². The standard InChI is InChI=1S/C12H22O11/c13-1-3-5(15)7(17)11(20)23-12(3)22-9-4(2-14)21-10(19)8(18)6(9)16/h3-20H,1-2H2/t3-,4+,5-,6+,7+,8+,9+,10+,11+,12?/m0/s1. The molecule has 0 saturated carbocycles. The van der Waals surface area contributed by atoms with Crippen molar-refractivity contribution in [1.29, 1.82) is 0 Å². The van der Waals surface area contributed by atoms with Gasteiger partial charge in [0.15, 0.2) is 18.9 Å². The minimum absolute atomic E-state index is 0.671. The van der Waals surface area contributed by atoms with Crippen LogP contribution in [0.3, 0.4) is 0 Å². The summed E-state index contributed by atoms with van der Waals surface area (Å²) in [6, 6.07) is 0. The molecule has 0 spiro atoms. The van der Waals surface area contributed by atoms with Crippen LogP contribution in [0.5, 0.6) is 0 Å². The number of rotatable bonds is 4. The molecule has 0 bridgehead atoms. The Balaban J connectivity index is 2.14. The molecule has 10 atom stereocenters. The van der Waals surface area contributed by atoms with Gasteiger partial charge in [-0.25, -0.2) is 0 Å². The zero-order valence-electron chi connectivity index (χ0n) is 12.0.